The van der Waals surface area contributed by atoms with Crippen molar-refractivity contribution in [2.45, 2.75) is 31.5 Å². The minimum atomic E-state index is -3.20. The van der Waals surface area contributed by atoms with E-state index in [0.717, 1.165) is 11.1 Å². The van der Waals surface area contributed by atoms with Crippen LogP contribution in [0.25, 0.3) is 0 Å². The van der Waals surface area contributed by atoms with Crippen LogP contribution in [0.4, 0.5) is 0 Å². The summed E-state index contributed by atoms with van der Waals surface area (Å²) >= 11 is 5.70. The maximum atomic E-state index is 11.5. The Morgan fingerprint density at radius 2 is 1.94 bits per heavy atom. The zero-order valence-corrected chi connectivity index (χ0v) is 11.0. The Hall–Kier alpha value is -0.580. The molecule has 0 aromatic heterocycles. The molecule has 0 fully saturated rings. The molecule has 90 valence electrons. The van der Waals surface area contributed by atoms with E-state index in [2.05, 4.69) is 4.72 Å². The van der Waals surface area contributed by atoms with Crippen LogP contribution in [0.15, 0.2) is 24.3 Å². The largest absolute Gasteiger partial charge is 0.214 e. The number of benzene rings is 1. The van der Waals surface area contributed by atoms with E-state index in [0.29, 0.717) is 12.4 Å². The highest BCUT2D eigenvalue weighted by atomic mass is 35.5. The van der Waals surface area contributed by atoms with Crippen LogP contribution in [0, 0.1) is 0 Å². The Kier molecular flexibility index (Phi) is 4.77. The molecule has 0 atom stereocenters. The summed E-state index contributed by atoms with van der Waals surface area (Å²) in [5.74, 6) is 0.435. The van der Waals surface area contributed by atoms with Gasteiger partial charge in [-0.05, 0) is 25.0 Å². The van der Waals surface area contributed by atoms with Crippen molar-refractivity contribution in [2.24, 2.45) is 0 Å². The van der Waals surface area contributed by atoms with Crippen LogP contribution in [-0.2, 0) is 22.4 Å². The number of sulfonamides is 1. The summed E-state index contributed by atoms with van der Waals surface area (Å²) in [4.78, 5) is 0. The number of rotatable bonds is 5. The molecule has 0 spiro atoms. The first-order valence-corrected chi connectivity index (χ1v) is 7.16. The standard InChI is InChI=1S/C11H16ClNO2S/c1-9(2)16(14,15)13-8-11-5-3-4-10(6-11)7-12/h3-6,9,13H,7-8H2,1-2H3. The Labute approximate surface area is 102 Å². The van der Waals surface area contributed by atoms with Crippen LogP contribution in [0.3, 0.4) is 0 Å². The fourth-order valence-corrected chi connectivity index (χ4v) is 2.04. The number of hydrogen-bond acceptors (Lipinski definition) is 2. The van der Waals surface area contributed by atoms with Gasteiger partial charge in [-0.2, -0.15) is 0 Å². The number of halogens is 1. The van der Waals surface area contributed by atoms with Crippen LogP contribution in [0.2, 0.25) is 0 Å². The van der Waals surface area contributed by atoms with Gasteiger partial charge in [0.05, 0.1) is 5.25 Å². The third-order valence-corrected chi connectivity index (χ3v) is 4.34. The molecule has 0 aliphatic rings. The lowest BCUT2D eigenvalue weighted by molar-refractivity contribution is 0.572. The molecule has 0 radical (unpaired) electrons. The summed E-state index contributed by atoms with van der Waals surface area (Å²) in [5, 5.41) is -0.413. The first kappa shape index (κ1) is 13.5. The second kappa shape index (κ2) is 5.66. The van der Waals surface area contributed by atoms with Crippen molar-refractivity contribution in [1.29, 1.82) is 0 Å². The van der Waals surface area contributed by atoms with E-state index in [1.54, 1.807) is 13.8 Å². The number of alkyl halides is 1. The van der Waals surface area contributed by atoms with Crippen molar-refractivity contribution in [1.82, 2.24) is 4.72 Å². The van der Waals surface area contributed by atoms with Crippen LogP contribution < -0.4 is 4.72 Å². The molecule has 0 saturated carbocycles. The van der Waals surface area contributed by atoms with Crippen LogP contribution in [0.5, 0.6) is 0 Å². The molecule has 0 heterocycles. The van der Waals surface area contributed by atoms with Gasteiger partial charge in [-0.1, -0.05) is 24.3 Å². The second-order valence-electron chi connectivity index (χ2n) is 3.87. The van der Waals surface area contributed by atoms with E-state index >= 15 is 0 Å². The molecule has 1 aromatic carbocycles. The van der Waals surface area contributed by atoms with Crippen molar-refractivity contribution < 1.29 is 8.42 Å². The molecule has 0 saturated heterocycles. The van der Waals surface area contributed by atoms with Gasteiger partial charge < -0.3 is 0 Å². The second-order valence-corrected chi connectivity index (χ2v) is 6.46. The summed E-state index contributed by atoms with van der Waals surface area (Å²) in [6.07, 6.45) is 0. The lowest BCUT2D eigenvalue weighted by Gasteiger charge is -2.09. The Morgan fingerprint density at radius 1 is 1.31 bits per heavy atom. The molecule has 0 aliphatic heterocycles. The van der Waals surface area contributed by atoms with Crippen LogP contribution in [-0.4, -0.2) is 13.7 Å². The number of nitrogens with one attached hydrogen (secondary N) is 1. The molecule has 0 aliphatic carbocycles. The van der Waals surface area contributed by atoms with Gasteiger partial charge in [-0.15, -0.1) is 11.6 Å². The van der Waals surface area contributed by atoms with Crippen molar-refractivity contribution in [3.63, 3.8) is 0 Å². The highest BCUT2D eigenvalue weighted by Crippen LogP contribution is 2.08. The van der Waals surface area contributed by atoms with Gasteiger partial charge in [-0.25, -0.2) is 13.1 Å². The van der Waals surface area contributed by atoms with Gasteiger partial charge in [0.25, 0.3) is 0 Å². The molecule has 0 amide bonds. The SMILES string of the molecule is CC(C)S(=O)(=O)NCc1cccc(CCl)c1. The minimum Gasteiger partial charge on any atom is -0.212 e. The van der Waals surface area contributed by atoms with Crippen molar-refractivity contribution in [3.05, 3.63) is 35.4 Å². The Balaban J connectivity index is 2.68. The summed E-state index contributed by atoms with van der Waals surface area (Å²) in [7, 11) is -3.20. The topological polar surface area (TPSA) is 46.2 Å². The monoisotopic (exact) mass is 261 g/mol. The predicted octanol–water partition coefficient (Wildman–Crippen LogP) is 2.25. The third kappa shape index (κ3) is 3.77. The third-order valence-electron chi connectivity index (χ3n) is 2.24. The normalized spacial score (nSPS) is 12.0. The molecule has 0 unspecified atom stereocenters. The fourth-order valence-electron chi connectivity index (χ4n) is 1.17. The molecule has 3 nitrogen and oxygen atoms in total. The lowest BCUT2D eigenvalue weighted by Crippen LogP contribution is -2.30. The lowest BCUT2D eigenvalue weighted by atomic mass is 10.1. The van der Waals surface area contributed by atoms with Gasteiger partial charge in [0, 0.05) is 12.4 Å². The first-order chi connectivity index (χ1) is 7.45. The zero-order chi connectivity index (χ0) is 12.2. The van der Waals surface area contributed by atoms with E-state index in [4.69, 9.17) is 11.6 Å². The van der Waals surface area contributed by atoms with E-state index in [-0.39, 0.29) is 0 Å². The molecular formula is C11H16ClNO2S. The predicted molar refractivity (Wildman–Crippen MR) is 66.9 cm³/mol. The smallest absolute Gasteiger partial charge is 0.212 e. The Morgan fingerprint density at radius 3 is 2.50 bits per heavy atom. The summed E-state index contributed by atoms with van der Waals surface area (Å²) in [6.45, 7) is 3.61. The van der Waals surface area contributed by atoms with Crippen molar-refractivity contribution in [2.75, 3.05) is 0 Å². The summed E-state index contributed by atoms with van der Waals surface area (Å²) in [6, 6.07) is 7.55. The average molecular weight is 262 g/mol. The minimum absolute atomic E-state index is 0.311. The highest BCUT2D eigenvalue weighted by Gasteiger charge is 2.14. The van der Waals surface area contributed by atoms with Gasteiger partial charge in [0.1, 0.15) is 0 Å². The molecule has 0 bridgehead atoms. The first-order valence-electron chi connectivity index (χ1n) is 5.08. The van der Waals surface area contributed by atoms with Gasteiger partial charge >= 0.3 is 0 Å². The van der Waals surface area contributed by atoms with E-state index in [1.807, 2.05) is 24.3 Å². The molecular weight excluding hydrogens is 246 g/mol. The van der Waals surface area contributed by atoms with Gasteiger partial charge in [0.2, 0.25) is 10.0 Å². The van der Waals surface area contributed by atoms with Gasteiger partial charge in [0.15, 0.2) is 0 Å². The van der Waals surface area contributed by atoms with Crippen LogP contribution >= 0.6 is 11.6 Å². The fraction of sp³-hybridized carbons (Fsp3) is 0.455. The van der Waals surface area contributed by atoms with E-state index < -0.39 is 15.3 Å². The maximum Gasteiger partial charge on any atom is 0.214 e. The molecule has 1 N–H and O–H groups in total. The summed E-state index contributed by atoms with van der Waals surface area (Å²) < 4.78 is 25.6. The van der Waals surface area contributed by atoms with Crippen LogP contribution in [0.1, 0.15) is 25.0 Å². The quantitative estimate of drug-likeness (QED) is 0.827. The van der Waals surface area contributed by atoms with Gasteiger partial charge in [-0.3, -0.25) is 0 Å². The maximum absolute atomic E-state index is 11.5. The Bertz CT molecular complexity index is 443. The number of hydrogen-bond donors (Lipinski definition) is 1. The molecule has 16 heavy (non-hydrogen) atoms. The molecule has 5 heteroatoms. The highest BCUT2D eigenvalue weighted by molar-refractivity contribution is 7.90. The molecule has 1 aromatic rings. The van der Waals surface area contributed by atoms with E-state index in [1.165, 1.54) is 0 Å². The molecule has 1 rings (SSSR count). The summed E-state index contributed by atoms with van der Waals surface area (Å²) in [5.41, 5.74) is 1.91. The van der Waals surface area contributed by atoms with E-state index in [9.17, 15) is 8.42 Å². The van der Waals surface area contributed by atoms with Crippen molar-refractivity contribution in [3.8, 4) is 0 Å². The average Bonchev–Trinajstić information content (AvgIpc) is 2.26. The van der Waals surface area contributed by atoms with Crippen molar-refractivity contribution >= 4 is 21.6 Å². The zero-order valence-electron chi connectivity index (χ0n) is 9.40.